The average Bonchev–Trinajstić information content (AvgIpc) is 2.80. The fourth-order valence-corrected chi connectivity index (χ4v) is 3.65. The number of aryl methyl sites for hydroxylation is 2. The molecule has 6 nitrogen and oxygen atoms in total. The summed E-state index contributed by atoms with van der Waals surface area (Å²) in [6.45, 7) is 5.49. The van der Waals surface area contributed by atoms with Crippen LogP contribution in [0.4, 0.5) is 0 Å². The van der Waals surface area contributed by atoms with Crippen LogP contribution in [0.15, 0.2) is 51.2 Å². The van der Waals surface area contributed by atoms with Crippen molar-refractivity contribution in [2.45, 2.75) is 39.5 Å². The second-order valence-electron chi connectivity index (χ2n) is 7.37. The minimum atomic E-state index is -1.19. The van der Waals surface area contributed by atoms with Gasteiger partial charge in [0.25, 0.3) is 0 Å². The highest BCUT2D eigenvalue weighted by molar-refractivity contribution is 5.87. The van der Waals surface area contributed by atoms with Crippen molar-refractivity contribution >= 4 is 23.0 Å². The lowest BCUT2D eigenvalue weighted by molar-refractivity contribution is -0.108. The van der Waals surface area contributed by atoms with E-state index in [2.05, 4.69) is 0 Å². The molecule has 2 aromatic carbocycles. The molecular formula is C25H26O6. The maximum atomic E-state index is 12.7. The first kappa shape index (κ1) is 22.2. The van der Waals surface area contributed by atoms with Gasteiger partial charge in [-0.3, -0.25) is 0 Å². The summed E-state index contributed by atoms with van der Waals surface area (Å²) in [5.41, 5.74) is 1.73. The minimum absolute atomic E-state index is 0.189. The fourth-order valence-electron chi connectivity index (χ4n) is 3.65. The second-order valence-corrected chi connectivity index (χ2v) is 7.37. The SMILES string of the molecule is CCc1ccc(OC)c(/C(O)=C(\C)C(C=O)c2c(O)c3cc(CC)ccc3oc2=O)c1. The molecule has 0 aliphatic carbocycles. The van der Waals surface area contributed by atoms with Crippen LogP contribution >= 0.6 is 0 Å². The minimum Gasteiger partial charge on any atom is -0.507 e. The van der Waals surface area contributed by atoms with E-state index in [0.717, 1.165) is 24.0 Å². The standard InChI is InChI=1S/C25H26O6/c1-5-15-7-9-20(30-4)17(11-15)23(27)14(3)19(13-26)22-24(28)18-12-16(6-2)8-10-21(18)31-25(22)29/h7-13,19,27-28H,5-6H2,1-4H3/b23-14-. The largest absolute Gasteiger partial charge is 0.507 e. The van der Waals surface area contributed by atoms with E-state index in [0.29, 0.717) is 23.0 Å². The van der Waals surface area contributed by atoms with E-state index in [1.807, 2.05) is 26.0 Å². The summed E-state index contributed by atoms with van der Waals surface area (Å²) in [4.78, 5) is 24.7. The Bertz CT molecular complexity index is 1220. The lowest BCUT2D eigenvalue weighted by Crippen LogP contribution is -2.16. The predicted octanol–water partition coefficient (Wildman–Crippen LogP) is 4.90. The van der Waals surface area contributed by atoms with E-state index in [-0.39, 0.29) is 28.2 Å². The summed E-state index contributed by atoms with van der Waals surface area (Å²) in [5, 5.41) is 22.2. The lowest BCUT2D eigenvalue weighted by atomic mass is 9.90. The molecule has 2 N–H and O–H groups in total. The van der Waals surface area contributed by atoms with E-state index >= 15 is 0 Å². The van der Waals surface area contributed by atoms with Crippen LogP contribution in [-0.4, -0.2) is 23.6 Å². The van der Waals surface area contributed by atoms with E-state index in [1.54, 1.807) is 24.3 Å². The number of aldehydes is 1. The molecule has 3 rings (SSSR count). The van der Waals surface area contributed by atoms with Crippen LogP contribution in [0.2, 0.25) is 0 Å². The molecule has 31 heavy (non-hydrogen) atoms. The fraction of sp³-hybridized carbons (Fsp3) is 0.280. The van der Waals surface area contributed by atoms with Crippen LogP contribution in [0.25, 0.3) is 16.7 Å². The Morgan fingerprint density at radius 2 is 1.77 bits per heavy atom. The van der Waals surface area contributed by atoms with Gasteiger partial charge in [-0.05, 0) is 60.7 Å². The molecular weight excluding hydrogens is 396 g/mol. The summed E-state index contributed by atoms with van der Waals surface area (Å²) in [6.07, 6.45) is 1.99. The van der Waals surface area contributed by atoms with E-state index in [1.165, 1.54) is 14.0 Å². The van der Waals surface area contributed by atoms with Crippen LogP contribution in [-0.2, 0) is 17.6 Å². The quantitative estimate of drug-likeness (QED) is 0.319. The van der Waals surface area contributed by atoms with Gasteiger partial charge in [0.2, 0.25) is 0 Å². The van der Waals surface area contributed by atoms with Crippen LogP contribution in [0.3, 0.4) is 0 Å². The number of benzene rings is 2. The van der Waals surface area contributed by atoms with Crippen molar-refractivity contribution in [3.63, 3.8) is 0 Å². The molecule has 0 saturated carbocycles. The molecule has 0 saturated heterocycles. The number of hydrogen-bond acceptors (Lipinski definition) is 6. The van der Waals surface area contributed by atoms with Crippen LogP contribution in [0, 0.1) is 0 Å². The molecule has 1 atom stereocenters. The molecule has 1 heterocycles. The molecule has 6 heteroatoms. The van der Waals surface area contributed by atoms with Crippen molar-refractivity contribution in [1.82, 2.24) is 0 Å². The molecule has 0 spiro atoms. The Morgan fingerprint density at radius 1 is 1.13 bits per heavy atom. The normalized spacial score (nSPS) is 13.0. The first-order valence-corrected chi connectivity index (χ1v) is 10.2. The Kier molecular flexibility index (Phi) is 6.49. The third-order valence-electron chi connectivity index (χ3n) is 5.60. The molecule has 0 aliphatic heterocycles. The van der Waals surface area contributed by atoms with Gasteiger partial charge >= 0.3 is 5.63 Å². The number of fused-ring (bicyclic) bond motifs is 1. The highest BCUT2D eigenvalue weighted by atomic mass is 16.5. The van der Waals surface area contributed by atoms with Gasteiger partial charge in [0, 0.05) is 0 Å². The molecule has 0 fully saturated rings. The molecule has 0 aliphatic rings. The maximum absolute atomic E-state index is 12.7. The van der Waals surface area contributed by atoms with Crippen LogP contribution < -0.4 is 10.4 Å². The monoisotopic (exact) mass is 422 g/mol. The van der Waals surface area contributed by atoms with E-state index < -0.39 is 11.5 Å². The van der Waals surface area contributed by atoms with Gasteiger partial charge in [0.15, 0.2) is 0 Å². The van der Waals surface area contributed by atoms with E-state index in [9.17, 15) is 19.8 Å². The molecule has 0 amide bonds. The highest BCUT2D eigenvalue weighted by Crippen LogP contribution is 2.37. The summed E-state index contributed by atoms with van der Waals surface area (Å²) in [5.74, 6) is -1.27. The number of aliphatic hydroxyl groups excluding tert-OH is 1. The topological polar surface area (TPSA) is 97.0 Å². The molecule has 0 bridgehead atoms. The molecule has 1 unspecified atom stereocenters. The zero-order valence-corrected chi connectivity index (χ0v) is 18.1. The molecule has 1 aromatic heterocycles. The smallest absolute Gasteiger partial charge is 0.344 e. The Labute approximate surface area is 180 Å². The van der Waals surface area contributed by atoms with Gasteiger partial charge in [-0.15, -0.1) is 0 Å². The summed E-state index contributed by atoms with van der Waals surface area (Å²) < 4.78 is 10.7. The summed E-state index contributed by atoms with van der Waals surface area (Å²) in [7, 11) is 1.49. The number of aromatic hydroxyl groups is 1. The molecule has 0 radical (unpaired) electrons. The zero-order chi connectivity index (χ0) is 22.7. The number of carbonyl (C=O) groups excluding carboxylic acids is 1. The predicted molar refractivity (Wildman–Crippen MR) is 120 cm³/mol. The van der Waals surface area contributed by atoms with Gasteiger partial charge in [-0.2, -0.15) is 0 Å². The Hall–Kier alpha value is -3.54. The first-order chi connectivity index (χ1) is 14.9. The second kappa shape index (κ2) is 9.08. The third-order valence-corrected chi connectivity index (χ3v) is 5.60. The summed E-state index contributed by atoms with van der Waals surface area (Å²) in [6, 6.07) is 10.6. The number of allylic oxidation sites excluding steroid dienone is 1. The number of ether oxygens (including phenoxy) is 1. The Balaban J connectivity index is 2.23. The number of aliphatic hydroxyl groups is 1. The lowest BCUT2D eigenvalue weighted by Gasteiger charge is -2.17. The van der Waals surface area contributed by atoms with Gasteiger partial charge in [-0.25, -0.2) is 4.79 Å². The Morgan fingerprint density at radius 3 is 2.39 bits per heavy atom. The van der Waals surface area contributed by atoms with Crippen molar-refractivity contribution in [3.05, 3.63) is 74.6 Å². The third kappa shape index (κ3) is 4.06. The van der Waals surface area contributed by atoms with E-state index in [4.69, 9.17) is 9.15 Å². The molecule has 162 valence electrons. The maximum Gasteiger partial charge on any atom is 0.344 e. The highest BCUT2D eigenvalue weighted by Gasteiger charge is 2.27. The molecule has 3 aromatic rings. The van der Waals surface area contributed by atoms with Gasteiger partial charge in [-0.1, -0.05) is 26.0 Å². The number of hydrogen-bond donors (Lipinski definition) is 2. The van der Waals surface area contributed by atoms with Crippen molar-refractivity contribution in [3.8, 4) is 11.5 Å². The summed E-state index contributed by atoms with van der Waals surface area (Å²) >= 11 is 0. The van der Waals surface area contributed by atoms with Crippen molar-refractivity contribution in [2.75, 3.05) is 7.11 Å². The van der Waals surface area contributed by atoms with Crippen LogP contribution in [0.1, 0.15) is 48.9 Å². The van der Waals surface area contributed by atoms with Crippen molar-refractivity contribution in [2.24, 2.45) is 0 Å². The number of rotatable bonds is 7. The van der Waals surface area contributed by atoms with Crippen LogP contribution in [0.5, 0.6) is 11.5 Å². The zero-order valence-electron chi connectivity index (χ0n) is 18.1. The van der Waals surface area contributed by atoms with Gasteiger partial charge in [0.05, 0.1) is 29.5 Å². The number of carbonyl (C=O) groups is 1. The van der Waals surface area contributed by atoms with Crippen molar-refractivity contribution < 1.29 is 24.2 Å². The first-order valence-electron chi connectivity index (χ1n) is 10.2. The van der Waals surface area contributed by atoms with Gasteiger partial charge < -0.3 is 24.2 Å². The average molecular weight is 422 g/mol. The van der Waals surface area contributed by atoms with Gasteiger partial charge in [0.1, 0.15) is 29.1 Å². The van der Waals surface area contributed by atoms with Crippen molar-refractivity contribution in [1.29, 1.82) is 0 Å². The number of methoxy groups -OCH3 is 1.